The van der Waals surface area contributed by atoms with Gasteiger partial charge in [-0.3, -0.25) is 0 Å². The summed E-state index contributed by atoms with van der Waals surface area (Å²) in [6, 6.07) is 0.612. The van der Waals surface area contributed by atoms with E-state index in [1.54, 1.807) is 0 Å². The van der Waals surface area contributed by atoms with Gasteiger partial charge in [0.05, 0.1) is 0 Å². The smallest absolute Gasteiger partial charge is 0.0224 e. The highest BCUT2D eigenvalue weighted by atomic mass is 35.5. The molecule has 0 bridgehead atoms. The molecule has 0 aliphatic heterocycles. The van der Waals surface area contributed by atoms with Crippen LogP contribution in [-0.2, 0) is 0 Å². The molecule has 0 saturated carbocycles. The highest BCUT2D eigenvalue weighted by Crippen LogP contribution is 2.17. The highest BCUT2D eigenvalue weighted by Gasteiger charge is 2.09. The summed E-state index contributed by atoms with van der Waals surface area (Å²) in [4.78, 5) is 0. The average molecular weight is 206 g/mol. The summed E-state index contributed by atoms with van der Waals surface area (Å²) in [6.07, 6.45) is 3.54. The lowest BCUT2D eigenvalue weighted by Gasteiger charge is -2.20. The van der Waals surface area contributed by atoms with Crippen LogP contribution in [0.2, 0.25) is 0 Å². The van der Waals surface area contributed by atoms with E-state index < -0.39 is 0 Å². The number of hydrogen-bond acceptors (Lipinski definition) is 1. The molecule has 0 radical (unpaired) electrons. The Labute approximate surface area is 88.2 Å². The number of alkyl halides is 1. The minimum atomic E-state index is 0.444. The molecule has 0 aromatic heterocycles. The van der Waals surface area contributed by atoms with Gasteiger partial charge in [0.15, 0.2) is 0 Å². The molecule has 0 aromatic carbocycles. The summed E-state index contributed by atoms with van der Waals surface area (Å²) >= 11 is 5.62. The average Bonchev–Trinajstić information content (AvgIpc) is 1.98. The van der Waals surface area contributed by atoms with Crippen molar-refractivity contribution in [1.29, 1.82) is 0 Å². The first-order chi connectivity index (χ1) is 5.95. The van der Waals surface area contributed by atoms with Crippen LogP contribution in [0, 0.1) is 5.41 Å². The number of rotatable bonds is 6. The second kappa shape index (κ2) is 6.67. The lowest BCUT2D eigenvalue weighted by Crippen LogP contribution is -2.29. The van der Waals surface area contributed by atoms with Crippen molar-refractivity contribution in [2.45, 2.75) is 53.0 Å². The minimum Gasteiger partial charge on any atom is -0.314 e. The summed E-state index contributed by atoms with van der Waals surface area (Å²) in [5, 5.41) is 3.52. The van der Waals surface area contributed by atoms with Gasteiger partial charge in [0.1, 0.15) is 0 Å². The molecule has 0 aliphatic rings. The molecular formula is C11H24ClN. The molecule has 1 N–H and O–H groups in total. The fourth-order valence-corrected chi connectivity index (χ4v) is 1.33. The van der Waals surface area contributed by atoms with E-state index in [9.17, 15) is 0 Å². The Hall–Kier alpha value is 0.250. The summed E-state index contributed by atoms with van der Waals surface area (Å²) in [6.45, 7) is 10.2. The molecule has 0 fully saturated rings. The van der Waals surface area contributed by atoms with Crippen LogP contribution in [-0.4, -0.2) is 18.5 Å². The van der Waals surface area contributed by atoms with Gasteiger partial charge in [-0.25, -0.2) is 0 Å². The number of nitrogens with one attached hydrogen (secondary N) is 1. The fraction of sp³-hybridized carbons (Fsp3) is 1.00. The molecule has 0 aromatic rings. The van der Waals surface area contributed by atoms with Crippen molar-refractivity contribution >= 4 is 11.6 Å². The molecule has 0 aliphatic carbocycles. The second-order valence-corrected chi connectivity index (χ2v) is 5.38. The van der Waals surface area contributed by atoms with Gasteiger partial charge in [0, 0.05) is 11.9 Å². The summed E-state index contributed by atoms with van der Waals surface area (Å²) in [7, 11) is 0. The minimum absolute atomic E-state index is 0.444. The molecule has 2 heteroatoms. The van der Waals surface area contributed by atoms with Gasteiger partial charge in [-0.2, -0.15) is 0 Å². The molecule has 13 heavy (non-hydrogen) atoms. The Morgan fingerprint density at radius 2 is 1.92 bits per heavy atom. The largest absolute Gasteiger partial charge is 0.314 e. The molecule has 0 rings (SSSR count). The SMILES string of the molecule is CC(CCCCl)NCCC(C)(C)C. The number of halogens is 1. The topological polar surface area (TPSA) is 12.0 Å². The Morgan fingerprint density at radius 1 is 1.31 bits per heavy atom. The standard InChI is InChI=1S/C11H24ClN/c1-10(6-5-8-12)13-9-7-11(2,3)4/h10,13H,5-9H2,1-4H3. The molecular weight excluding hydrogens is 182 g/mol. The highest BCUT2D eigenvalue weighted by molar-refractivity contribution is 6.17. The van der Waals surface area contributed by atoms with Crippen molar-refractivity contribution in [1.82, 2.24) is 5.32 Å². The van der Waals surface area contributed by atoms with Gasteiger partial charge in [-0.1, -0.05) is 20.8 Å². The molecule has 0 saturated heterocycles. The van der Waals surface area contributed by atoms with E-state index in [4.69, 9.17) is 11.6 Å². The molecule has 80 valence electrons. The first kappa shape index (κ1) is 13.2. The number of hydrogen-bond donors (Lipinski definition) is 1. The lowest BCUT2D eigenvalue weighted by molar-refractivity contribution is 0.353. The van der Waals surface area contributed by atoms with Crippen LogP contribution in [0.4, 0.5) is 0 Å². The van der Waals surface area contributed by atoms with E-state index in [1.807, 2.05) is 0 Å². The van der Waals surface area contributed by atoms with Crippen LogP contribution in [0.5, 0.6) is 0 Å². The van der Waals surface area contributed by atoms with Gasteiger partial charge in [0.2, 0.25) is 0 Å². The Balaban J connectivity index is 3.31. The summed E-state index contributed by atoms with van der Waals surface area (Å²) < 4.78 is 0. The third kappa shape index (κ3) is 10.2. The molecule has 1 nitrogen and oxygen atoms in total. The Morgan fingerprint density at radius 3 is 2.38 bits per heavy atom. The zero-order chi connectivity index (χ0) is 10.3. The maximum absolute atomic E-state index is 5.62. The zero-order valence-electron chi connectivity index (χ0n) is 9.49. The molecule has 0 amide bonds. The van der Waals surface area contributed by atoms with Gasteiger partial charge < -0.3 is 5.32 Å². The van der Waals surface area contributed by atoms with Gasteiger partial charge in [-0.05, 0) is 38.1 Å². The zero-order valence-corrected chi connectivity index (χ0v) is 10.2. The van der Waals surface area contributed by atoms with E-state index in [0.717, 1.165) is 18.8 Å². The van der Waals surface area contributed by atoms with Crippen LogP contribution < -0.4 is 5.32 Å². The van der Waals surface area contributed by atoms with Crippen LogP contribution in [0.3, 0.4) is 0 Å². The van der Waals surface area contributed by atoms with E-state index in [2.05, 4.69) is 33.0 Å². The third-order valence-corrected chi connectivity index (χ3v) is 2.41. The fourth-order valence-electron chi connectivity index (χ4n) is 1.18. The van der Waals surface area contributed by atoms with Crippen LogP contribution >= 0.6 is 11.6 Å². The van der Waals surface area contributed by atoms with Gasteiger partial charge >= 0.3 is 0 Å². The van der Waals surface area contributed by atoms with E-state index in [0.29, 0.717) is 11.5 Å². The van der Waals surface area contributed by atoms with Crippen molar-refractivity contribution in [3.05, 3.63) is 0 Å². The summed E-state index contributed by atoms with van der Waals surface area (Å²) in [5.74, 6) is 0.783. The second-order valence-electron chi connectivity index (χ2n) is 5.00. The molecule has 0 spiro atoms. The Kier molecular flexibility index (Phi) is 6.79. The molecule has 0 heterocycles. The van der Waals surface area contributed by atoms with E-state index in [1.165, 1.54) is 12.8 Å². The quantitative estimate of drug-likeness (QED) is 0.656. The van der Waals surface area contributed by atoms with Crippen molar-refractivity contribution < 1.29 is 0 Å². The van der Waals surface area contributed by atoms with Crippen molar-refractivity contribution in [2.75, 3.05) is 12.4 Å². The lowest BCUT2D eigenvalue weighted by atomic mass is 9.92. The predicted molar refractivity (Wildman–Crippen MR) is 61.5 cm³/mol. The molecule has 1 atom stereocenters. The van der Waals surface area contributed by atoms with E-state index >= 15 is 0 Å². The van der Waals surface area contributed by atoms with Crippen molar-refractivity contribution in [3.63, 3.8) is 0 Å². The monoisotopic (exact) mass is 205 g/mol. The first-order valence-corrected chi connectivity index (χ1v) is 5.78. The van der Waals surface area contributed by atoms with Crippen LogP contribution in [0.1, 0.15) is 47.0 Å². The maximum Gasteiger partial charge on any atom is 0.0224 e. The van der Waals surface area contributed by atoms with Crippen molar-refractivity contribution in [3.8, 4) is 0 Å². The van der Waals surface area contributed by atoms with Crippen molar-refractivity contribution in [2.24, 2.45) is 5.41 Å². The Bertz CT molecular complexity index is 118. The van der Waals surface area contributed by atoms with E-state index in [-0.39, 0.29) is 0 Å². The first-order valence-electron chi connectivity index (χ1n) is 5.25. The van der Waals surface area contributed by atoms with Crippen LogP contribution in [0.25, 0.3) is 0 Å². The molecule has 1 unspecified atom stereocenters. The van der Waals surface area contributed by atoms with Gasteiger partial charge in [0.25, 0.3) is 0 Å². The maximum atomic E-state index is 5.62. The third-order valence-electron chi connectivity index (χ3n) is 2.14. The van der Waals surface area contributed by atoms with Gasteiger partial charge in [-0.15, -0.1) is 11.6 Å². The van der Waals surface area contributed by atoms with Crippen LogP contribution in [0.15, 0.2) is 0 Å². The predicted octanol–water partition coefficient (Wildman–Crippen LogP) is 3.42. The normalized spacial score (nSPS) is 14.5. The summed E-state index contributed by atoms with van der Waals surface area (Å²) in [5.41, 5.74) is 0.444.